The van der Waals surface area contributed by atoms with Gasteiger partial charge in [-0.1, -0.05) is 29.5 Å². The molecule has 0 saturated heterocycles. The van der Waals surface area contributed by atoms with E-state index >= 15 is 0 Å². The number of nitrogen functional groups attached to an aromatic ring is 1. The lowest BCUT2D eigenvalue weighted by Gasteiger charge is -2.14. The lowest BCUT2D eigenvalue weighted by atomic mass is 9.98. The molecule has 0 aromatic carbocycles. The van der Waals surface area contributed by atoms with Gasteiger partial charge in [0.15, 0.2) is 5.69 Å². The van der Waals surface area contributed by atoms with Crippen LogP contribution in [-0.4, -0.2) is 42.5 Å². The Morgan fingerprint density at radius 2 is 2.08 bits per heavy atom. The molecule has 3 rings (SSSR count). The smallest absolute Gasteiger partial charge is 0.290 e. The zero-order valence-corrected chi connectivity index (χ0v) is 14.1. The van der Waals surface area contributed by atoms with Crippen LogP contribution in [0.4, 0.5) is 5.95 Å². The maximum atomic E-state index is 12.6. The first-order valence-corrected chi connectivity index (χ1v) is 8.26. The first-order valence-electron chi connectivity index (χ1n) is 7.88. The Hall–Kier alpha value is -2.53. The maximum absolute atomic E-state index is 12.6. The summed E-state index contributed by atoms with van der Waals surface area (Å²) in [5.41, 5.74) is 5.17. The van der Waals surface area contributed by atoms with Crippen molar-refractivity contribution in [2.75, 3.05) is 17.7 Å². The number of rotatable bonds is 5. The van der Waals surface area contributed by atoms with Gasteiger partial charge in [-0.15, -0.1) is 9.89 Å². The summed E-state index contributed by atoms with van der Waals surface area (Å²) in [5, 5.41) is 17.2. The molecule has 11 nitrogen and oxygen atoms in total. The third-order valence-electron chi connectivity index (χ3n) is 4.17. The zero-order chi connectivity index (χ0) is 18.0. The third-order valence-corrected chi connectivity index (χ3v) is 4.55. The van der Waals surface area contributed by atoms with Crippen LogP contribution in [0.25, 0.3) is 0 Å². The predicted octanol–water partition coefficient (Wildman–Crippen LogP) is -0.534. The molecule has 2 aromatic heterocycles. The monoisotopic (exact) mass is 367 g/mol. The lowest BCUT2D eigenvalue weighted by Crippen LogP contribution is -2.36. The normalized spacial score (nSPS) is 14.8. The first kappa shape index (κ1) is 17.3. The number of nitrogens with one attached hydrogen (secondary N) is 1. The number of amides is 1. The number of aromatic nitrogens is 6. The maximum Gasteiger partial charge on any atom is 0.290 e. The molecule has 5 N–H and O–H groups in total. The highest BCUT2D eigenvalue weighted by Crippen LogP contribution is 2.36. The van der Waals surface area contributed by atoms with Gasteiger partial charge in [0, 0.05) is 12.1 Å². The van der Waals surface area contributed by atoms with E-state index < -0.39 is 11.5 Å². The second kappa shape index (κ2) is 7.15. The van der Waals surface area contributed by atoms with Crippen molar-refractivity contribution in [1.29, 1.82) is 0 Å². The standard InChI is InChI=1S/C13H18ClN9O2/c14-9-8(7-3-1-2-4-7)12(25)23(16)19-10(9)11(24)17-13-18-20-21-22(13)6-5-15/h7H,1-6,15-16H2,(H,17,18,21,24). The van der Waals surface area contributed by atoms with E-state index in [1.54, 1.807) is 0 Å². The number of hydrogen-bond donors (Lipinski definition) is 3. The fraction of sp³-hybridized carbons (Fsp3) is 0.538. The van der Waals surface area contributed by atoms with Crippen LogP contribution in [0.15, 0.2) is 4.79 Å². The highest BCUT2D eigenvalue weighted by atomic mass is 35.5. The highest BCUT2D eigenvalue weighted by Gasteiger charge is 2.28. The SMILES string of the molecule is NCCn1nnnc1NC(=O)c1nn(N)c(=O)c(C2CCCC2)c1Cl. The van der Waals surface area contributed by atoms with Crippen molar-refractivity contribution >= 4 is 23.5 Å². The molecule has 0 atom stereocenters. The average molecular weight is 368 g/mol. The Balaban J connectivity index is 1.95. The van der Waals surface area contributed by atoms with Crippen molar-refractivity contribution in [2.24, 2.45) is 5.73 Å². The molecule has 1 saturated carbocycles. The molecule has 0 unspecified atom stereocenters. The van der Waals surface area contributed by atoms with E-state index in [-0.39, 0.29) is 22.6 Å². The number of nitrogens with two attached hydrogens (primary N) is 2. The molecular formula is C13H18ClN9O2. The predicted molar refractivity (Wildman–Crippen MR) is 89.7 cm³/mol. The number of hydrogen-bond acceptors (Lipinski definition) is 8. The quantitative estimate of drug-likeness (QED) is 0.594. The summed E-state index contributed by atoms with van der Waals surface area (Å²) in [5.74, 6) is 5.06. The highest BCUT2D eigenvalue weighted by molar-refractivity contribution is 6.34. The van der Waals surface area contributed by atoms with Gasteiger partial charge in [-0.2, -0.15) is 0 Å². The number of halogens is 1. The Morgan fingerprint density at radius 1 is 1.36 bits per heavy atom. The second-order valence-corrected chi connectivity index (χ2v) is 6.15. The molecule has 12 heteroatoms. The molecule has 134 valence electrons. The third kappa shape index (κ3) is 3.33. The minimum atomic E-state index is -0.656. The summed E-state index contributed by atoms with van der Waals surface area (Å²) >= 11 is 6.33. The van der Waals surface area contributed by atoms with Crippen molar-refractivity contribution in [2.45, 2.75) is 38.1 Å². The summed E-state index contributed by atoms with van der Waals surface area (Å²) in [6.07, 6.45) is 3.66. The van der Waals surface area contributed by atoms with Gasteiger partial charge in [0.05, 0.1) is 11.6 Å². The summed E-state index contributed by atoms with van der Waals surface area (Å²) in [7, 11) is 0. The van der Waals surface area contributed by atoms with Gasteiger partial charge in [-0.25, -0.2) is 4.68 Å². The van der Waals surface area contributed by atoms with E-state index in [1.807, 2.05) is 0 Å². The molecule has 1 aliphatic carbocycles. The van der Waals surface area contributed by atoms with Crippen LogP contribution in [0.2, 0.25) is 5.02 Å². The molecule has 1 fully saturated rings. The summed E-state index contributed by atoms with van der Waals surface area (Å²) in [6.45, 7) is 0.625. The van der Waals surface area contributed by atoms with Crippen molar-refractivity contribution in [3.8, 4) is 0 Å². The van der Waals surface area contributed by atoms with E-state index in [4.69, 9.17) is 23.2 Å². The number of nitrogens with zero attached hydrogens (tertiary/aromatic N) is 6. The van der Waals surface area contributed by atoms with E-state index in [0.717, 1.165) is 25.7 Å². The average Bonchev–Trinajstić information content (AvgIpc) is 3.24. The number of carbonyl (C=O) groups is 1. The second-order valence-electron chi connectivity index (χ2n) is 5.78. The van der Waals surface area contributed by atoms with Gasteiger partial charge in [0.25, 0.3) is 11.5 Å². The van der Waals surface area contributed by atoms with Crippen LogP contribution < -0.4 is 22.5 Å². The van der Waals surface area contributed by atoms with Crippen LogP contribution in [0.3, 0.4) is 0 Å². The fourth-order valence-corrected chi connectivity index (χ4v) is 3.34. The van der Waals surface area contributed by atoms with Gasteiger partial charge in [0.1, 0.15) is 0 Å². The Kier molecular flexibility index (Phi) is 4.95. The van der Waals surface area contributed by atoms with E-state index in [2.05, 4.69) is 25.9 Å². The molecule has 25 heavy (non-hydrogen) atoms. The van der Waals surface area contributed by atoms with Crippen molar-refractivity contribution in [3.05, 3.63) is 26.6 Å². The largest absolute Gasteiger partial charge is 0.329 e. The number of anilines is 1. The molecule has 0 bridgehead atoms. The van der Waals surface area contributed by atoms with Crippen molar-refractivity contribution < 1.29 is 4.79 Å². The number of carbonyl (C=O) groups excluding carboxylic acids is 1. The molecule has 0 aliphatic heterocycles. The van der Waals surface area contributed by atoms with E-state index in [1.165, 1.54) is 4.68 Å². The number of tetrazole rings is 1. The van der Waals surface area contributed by atoms with Crippen molar-refractivity contribution in [1.82, 2.24) is 30.1 Å². The molecule has 0 radical (unpaired) electrons. The van der Waals surface area contributed by atoms with Gasteiger partial charge in [-0.3, -0.25) is 14.9 Å². The first-order chi connectivity index (χ1) is 12.0. The Labute approximate surface area is 147 Å². The van der Waals surface area contributed by atoms with Gasteiger partial charge in [0.2, 0.25) is 5.95 Å². The van der Waals surface area contributed by atoms with Crippen molar-refractivity contribution in [3.63, 3.8) is 0 Å². The van der Waals surface area contributed by atoms with Gasteiger partial charge in [-0.05, 0) is 29.2 Å². The minimum Gasteiger partial charge on any atom is -0.329 e. The summed E-state index contributed by atoms with van der Waals surface area (Å²) < 4.78 is 1.34. The zero-order valence-electron chi connectivity index (χ0n) is 13.4. The van der Waals surface area contributed by atoms with Crippen LogP contribution >= 0.6 is 11.6 Å². The topological polar surface area (TPSA) is 160 Å². The summed E-state index contributed by atoms with van der Waals surface area (Å²) in [6, 6.07) is 0. The van der Waals surface area contributed by atoms with Gasteiger partial charge >= 0.3 is 0 Å². The molecule has 2 heterocycles. The molecule has 1 aliphatic rings. The van der Waals surface area contributed by atoms with Gasteiger partial charge < -0.3 is 11.6 Å². The fourth-order valence-electron chi connectivity index (χ4n) is 2.98. The van der Waals surface area contributed by atoms with E-state index in [9.17, 15) is 9.59 Å². The van der Waals surface area contributed by atoms with Crippen LogP contribution in [-0.2, 0) is 6.54 Å². The summed E-state index contributed by atoms with van der Waals surface area (Å²) in [4.78, 5) is 25.5. The van der Waals surface area contributed by atoms with Crippen LogP contribution in [0.5, 0.6) is 0 Å². The van der Waals surface area contributed by atoms with E-state index in [0.29, 0.717) is 23.4 Å². The Bertz CT molecular complexity index is 841. The van der Waals surface area contributed by atoms with Crippen LogP contribution in [0, 0.1) is 0 Å². The lowest BCUT2D eigenvalue weighted by molar-refractivity contribution is 0.101. The minimum absolute atomic E-state index is 0.0214. The molecule has 1 amide bonds. The molecule has 2 aromatic rings. The Morgan fingerprint density at radius 3 is 2.76 bits per heavy atom. The van der Waals surface area contributed by atoms with Crippen LogP contribution in [0.1, 0.15) is 47.7 Å². The molecular weight excluding hydrogens is 350 g/mol. The molecule has 0 spiro atoms.